The first-order chi connectivity index (χ1) is 8.52. The van der Waals surface area contributed by atoms with Gasteiger partial charge in [0.2, 0.25) is 0 Å². The average Bonchev–Trinajstić information content (AvgIpc) is 2.54. The molecule has 1 saturated heterocycles. The van der Waals surface area contributed by atoms with Gasteiger partial charge in [0.05, 0.1) is 0 Å². The molecule has 0 aromatic carbocycles. The molecule has 3 amide bonds. The van der Waals surface area contributed by atoms with Crippen molar-refractivity contribution in [3.8, 4) is 0 Å². The second kappa shape index (κ2) is 4.72. The molecule has 0 radical (unpaired) electrons. The Kier molecular flexibility index (Phi) is 3.27. The Hall–Kier alpha value is -1.98. The number of anilines is 1. The monoisotopic (exact) mass is 248 g/mol. The van der Waals surface area contributed by atoms with Crippen molar-refractivity contribution in [2.75, 3.05) is 11.9 Å². The maximum atomic E-state index is 12.3. The van der Waals surface area contributed by atoms with E-state index in [0.29, 0.717) is 18.2 Å². The van der Waals surface area contributed by atoms with Crippen LogP contribution >= 0.6 is 0 Å². The summed E-state index contributed by atoms with van der Waals surface area (Å²) in [5, 5.41) is 0. The van der Waals surface area contributed by atoms with Crippen molar-refractivity contribution in [2.24, 2.45) is 5.92 Å². The highest BCUT2D eigenvalue weighted by atomic mass is 16.2. The van der Waals surface area contributed by atoms with Gasteiger partial charge in [-0.3, -0.25) is 4.79 Å². The largest absolute Gasteiger partial charge is 0.333 e. The first kappa shape index (κ1) is 12.5. The topological polar surface area (TPSA) is 66.4 Å². The Balaban J connectivity index is 2.29. The van der Waals surface area contributed by atoms with Gasteiger partial charge in [-0.25, -0.2) is 19.7 Å². The lowest BCUT2D eigenvalue weighted by atomic mass is 10.0. The van der Waals surface area contributed by atoms with Gasteiger partial charge in [-0.05, 0) is 18.4 Å². The molecule has 1 aliphatic heterocycles. The number of amides is 3. The minimum atomic E-state index is -0.396. The van der Waals surface area contributed by atoms with Crippen molar-refractivity contribution in [3.05, 3.63) is 18.6 Å². The number of carbonyl (C=O) groups is 2. The van der Waals surface area contributed by atoms with Crippen LogP contribution in [0.2, 0.25) is 0 Å². The van der Waals surface area contributed by atoms with E-state index in [9.17, 15) is 9.59 Å². The van der Waals surface area contributed by atoms with Gasteiger partial charge < -0.3 is 4.90 Å². The third-order valence-corrected chi connectivity index (χ3v) is 2.96. The SMILES string of the molecule is CC(C)C[C@@H]1C(=O)N(c2ccncn2)C(=O)N1C. The molecule has 18 heavy (non-hydrogen) atoms. The molecule has 1 atom stereocenters. The molecule has 1 aromatic heterocycles. The predicted molar refractivity (Wildman–Crippen MR) is 65.9 cm³/mol. The fraction of sp³-hybridized carbons (Fsp3) is 0.500. The fourth-order valence-electron chi connectivity index (χ4n) is 2.03. The number of aromatic nitrogens is 2. The molecule has 2 rings (SSSR count). The summed E-state index contributed by atoms with van der Waals surface area (Å²) in [7, 11) is 1.65. The smallest absolute Gasteiger partial charge is 0.315 e. The minimum Gasteiger partial charge on any atom is -0.315 e. The quantitative estimate of drug-likeness (QED) is 0.756. The van der Waals surface area contributed by atoms with Gasteiger partial charge in [0.1, 0.15) is 18.2 Å². The molecule has 0 N–H and O–H groups in total. The fourth-order valence-corrected chi connectivity index (χ4v) is 2.03. The molecule has 6 heteroatoms. The third-order valence-electron chi connectivity index (χ3n) is 2.96. The second-order valence-corrected chi connectivity index (χ2v) is 4.78. The van der Waals surface area contributed by atoms with E-state index in [0.717, 1.165) is 4.90 Å². The van der Waals surface area contributed by atoms with Gasteiger partial charge in [0, 0.05) is 13.2 Å². The highest BCUT2D eigenvalue weighted by molar-refractivity contribution is 6.20. The first-order valence-electron chi connectivity index (χ1n) is 5.89. The predicted octanol–water partition coefficient (Wildman–Crippen LogP) is 1.29. The standard InChI is InChI=1S/C12H16N4O2/c1-8(2)6-9-11(17)16(12(18)15(9)3)10-4-5-13-7-14-10/h4-5,7-9H,6H2,1-3H3/t9-/m1/s1. The van der Waals surface area contributed by atoms with E-state index >= 15 is 0 Å². The van der Waals surface area contributed by atoms with Gasteiger partial charge in [0.15, 0.2) is 0 Å². The zero-order valence-electron chi connectivity index (χ0n) is 10.7. The summed E-state index contributed by atoms with van der Waals surface area (Å²) >= 11 is 0. The maximum absolute atomic E-state index is 12.3. The van der Waals surface area contributed by atoms with Crippen LogP contribution in [-0.4, -0.2) is 39.9 Å². The number of carbonyl (C=O) groups excluding carboxylic acids is 2. The molecule has 2 heterocycles. The molecule has 1 fully saturated rings. The Labute approximate surface area is 106 Å². The number of hydrogen-bond acceptors (Lipinski definition) is 4. The number of nitrogens with zero attached hydrogens (tertiary/aromatic N) is 4. The van der Waals surface area contributed by atoms with Gasteiger partial charge in [0.25, 0.3) is 5.91 Å². The Morgan fingerprint density at radius 2 is 2.11 bits per heavy atom. The van der Waals surface area contributed by atoms with Crippen LogP contribution in [0.15, 0.2) is 18.6 Å². The van der Waals surface area contributed by atoms with Crippen molar-refractivity contribution in [2.45, 2.75) is 26.3 Å². The summed E-state index contributed by atoms with van der Waals surface area (Å²) < 4.78 is 0. The molecule has 0 saturated carbocycles. The molecular weight excluding hydrogens is 232 g/mol. The Morgan fingerprint density at radius 3 is 2.67 bits per heavy atom. The van der Waals surface area contributed by atoms with E-state index < -0.39 is 6.04 Å². The third kappa shape index (κ3) is 2.05. The van der Waals surface area contributed by atoms with Crippen LogP contribution in [0.1, 0.15) is 20.3 Å². The Bertz CT molecular complexity index is 460. The first-order valence-corrected chi connectivity index (χ1v) is 5.89. The van der Waals surface area contributed by atoms with Crippen molar-refractivity contribution in [1.29, 1.82) is 0 Å². The summed E-state index contributed by atoms with van der Waals surface area (Å²) in [5.74, 6) is 0.465. The summed E-state index contributed by atoms with van der Waals surface area (Å²) in [6.07, 6.45) is 3.49. The highest BCUT2D eigenvalue weighted by Crippen LogP contribution is 2.25. The van der Waals surface area contributed by atoms with Crippen molar-refractivity contribution < 1.29 is 9.59 Å². The van der Waals surface area contributed by atoms with Crippen molar-refractivity contribution in [3.63, 3.8) is 0 Å². The molecule has 0 unspecified atom stereocenters. The summed E-state index contributed by atoms with van der Waals surface area (Å²) in [5.41, 5.74) is 0. The van der Waals surface area contributed by atoms with Crippen LogP contribution in [0.25, 0.3) is 0 Å². The van der Waals surface area contributed by atoms with E-state index in [1.165, 1.54) is 17.4 Å². The van der Waals surface area contributed by atoms with E-state index in [1.807, 2.05) is 13.8 Å². The van der Waals surface area contributed by atoms with E-state index in [-0.39, 0.29) is 11.9 Å². The molecule has 1 aliphatic rings. The lowest BCUT2D eigenvalue weighted by Crippen LogP contribution is -2.32. The molecule has 1 aromatic rings. The molecule has 6 nitrogen and oxygen atoms in total. The molecule has 0 bridgehead atoms. The van der Waals surface area contributed by atoms with Crippen LogP contribution in [0.4, 0.5) is 10.6 Å². The maximum Gasteiger partial charge on any atom is 0.333 e. The van der Waals surface area contributed by atoms with E-state index in [1.54, 1.807) is 13.1 Å². The van der Waals surface area contributed by atoms with Gasteiger partial charge >= 0.3 is 6.03 Å². The number of hydrogen-bond donors (Lipinski definition) is 0. The lowest BCUT2D eigenvalue weighted by molar-refractivity contribution is -0.119. The van der Waals surface area contributed by atoms with Crippen LogP contribution < -0.4 is 4.90 Å². The summed E-state index contributed by atoms with van der Waals surface area (Å²) in [6.45, 7) is 4.05. The van der Waals surface area contributed by atoms with Gasteiger partial charge in [-0.15, -0.1) is 0 Å². The molecule has 96 valence electrons. The van der Waals surface area contributed by atoms with Crippen molar-refractivity contribution >= 4 is 17.8 Å². The van der Waals surface area contributed by atoms with Crippen LogP contribution in [0.3, 0.4) is 0 Å². The van der Waals surface area contributed by atoms with E-state index in [2.05, 4.69) is 9.97 Å². The van der Waals surface area contributed by atoms with Crippen LogP contribution in [0, 0.1) is 5.92 Å². The molecular formula is C12H16N4O2. The summed E-state index contributed by atoms with van der Waals surface area (Å²) in [4.78, 5) is 34.7. The van der Waals surface area contributed by atoms with Gasteiger partial charge in [-0.2, -0.15) is 0 Å². The number of urea groups is 1. The average molecular weight is 248 g/mol. The zero-order chi connectivity index (χ0) is 13.3. The number of likely N-dealkylation sites (N-methyl/N-ethyl adjacent to an activating group) is 1. The Morgan fingerprint density at radius 1 is 1.39 bits per heavy atom. The van der Waals surface area contributed by atoms with E-state index in [4.69, 9.17) is 0 Å². The lowest BCUT2D eigenvalue weighted by Gasteiger charge is -2.17. The molecule has 0 aliphatic carbocycles. The zero-order valence-corrected chi connectivity index (χ0v) is 10.7. The van der Waals surface area contributed by atoms with Crippen molar-refractivity contribution in [1.82, 2.24) is 14.9 Å². The number of imide groups is 1. The van der Waals surface area contributed by atoms with Gasteiger partial charge in [-0.1, -0.05) is 13.8 Å². The highest BCUT2D eigenvalue weighted by Gasteiger charge is 2.44. The van der Waals surface area contributed by atoms with Crippen LogP contribution in [-0.2, 0) is 4.79 Å². The number of rotatable bonds is 3. The normalized spacial score (nSPS) is 20.1. The second-order valence-electron chi connectivity index (χ2n) is 4.78. The molecule has 0 spiro atoms. The summed E-state index contributed by atoms with van der Waals surface area (Å²) in [6, 6.07) is 0.832. The van der Waals surface area contributed by atoms with Crippen LogP contribution in [0.5, 0.6) is 0 Å². The minimum absolute atomic E-state index is 0.213.